The zero-order valence-electron chi connectivity index (χ0n) is 21.0. The predicted molar refractivity (Wildman–Crippen MR) is 134 cm³/mol. The molecular formula is C28H44O7. The van der Waals surface area contributed by atoms with E-state index in [1.54, 1.807) is 6.92 Å². The molecule has 1 aromatic rings. The van der Waals surface area contributed by atoms with Gasteiger partial charge in [-0.3, -0.25) is 4.79 Å². The number of unbranched alkanes of at least 4 members (excludes halogenated alkanes) is 1. The molecule has 35 heavy (non-hydrogen) atoms. The Labute approximate surface area is 209 Å². The topological polar surface area (TPSA) is 127 Å². The Morgan fingerprint density at radius 2 is 1.77 bits per heavy atom. The van der Waals surface area contributed by atoms with Crippen LogP contribution in [0.3, 0.4) is 0 Å². The molecule has 0 amide bonds. The van der Waals surface area contributed by atoms with Gasteiger partial charge in [0.15, 0.2) is 0 Å². The highest BCUT2D eigenvalue weighted by Gasteiger charge is 2.40. The number of benzene rings is 1. The average Bonchev–Trinajstić information content (AvgIpc) is 3.14. The van der Waals surface area contributed by atoms with Crippen LogP contribution in [0.5, 0.6) is 0 Å². The minimum atomic E-state index is -0.823. The maximum absolute atomic E-state index is 11.8. The van der Waals surface area contributed by atoms with Crippen LogP contribution < -0.4 is 0 Å². The van der Waals surface area contributed by atoms with E-state index >= 15 is 0 Å². The number of allylic oxidation sites excluding steroid dienone is 2. The summed E-state index contributed by atoms with van der Waals surface area (Å²) in [6.45, 7) is 1.12. The molecule has 0 unspecified atom stereocenters. The Balaban J connectivity index is 1.67. The number of hydrogen-bond donors (Lipinski definition) is 5. The third-order valence-electron chi connectivity index (χ3n) is 7.14. The highest BCUT2D eigenvalue weighted by atomic mass is 16.5. The Morgan fingerprint density at radius 3 is 2.46 bits per heavy atom. The summed E-state index contributed by atoms with van der Waals surface area (Å²) < 4.78 is 5.14. The van der Waals surface area contributed by atoms with E-state index in [0.29, 0.717) is 44.9 Å². The quantitative estimate of drug-likeness (QED) is 0.136. The lowest BCUT2D eigenvalue weighted by atomic mass is 9.85. The molecule has 5 N–H and O–H groups in total. The number of esters is 1. The van der Waals surface area contributed by atoms with Crippen molar-refractivity contribution in [1.82, 2.24) is 0 Å². The van der Waals surface area contributed by atoms with Crippen LogP contribution >= 0.6 is 0 Å². The van der Waals surface area contributed by atoms with E-state index in [1.165, 1.54) is 5.56 Å². The molecule has 5 atom stereocenters. The first-order chi connectivity index (χ1) is 16.8. The summed E-state index contributed by atoms with van der Waals surface area (Å²) in [5, 5.41) is 49.8. The first-order valence-corrected chi connectivity index (χ1v) is 12.9. The minimum Gasteiger partial charge on any atom is -0.465 e. The minimum absolute atomic E-state index is 0.0150. The van der Waals surface area contributed by atoms with E-state index in [4.69, 9.17) is 4.74 Å². The van der Waals surface area contributed by atoms with Crippen molar-refractivity contribution in [3.63, 3.8) is 0 Å². The fraction of sp³-hybridized carbons (Fsp3) is 0.679. The first-order valence-electron chi connectivity index (χ1n) is 12.9. The van der Waals surface area contributed by atoms with Crippen molar-refractivity contribution < 1.29 is 35.1 Å². The highest BCUT2D eigenvalue weighted by molar-refractivity contribution is 5.69. The van der Waals surface area contributed by atoms with Crippen molar-refractivity contribution in [2.24, 2.45) is 17.3 Å². The summed E-state index contributed by atoms with van der Waals surface area (Å²) in [5.41, 5.74) is 0.379. The molecule has 0 heterocycles. The van der Waals surface area contributed by atoms with Gasteiger partial charge in [-0.1, -0.05) is 49.4 Å². The lowest BCUT2D eigenvalue weighted by Crippen LogP contribution is -2.32. The fourth-order valence-corrected chi connectivity index (χ4v) is 4.62. The van der Waals surface area contributed by atoms with Crippen LogP contribution in [0.2, 0.25) is 0 Å². The van der Waals surface area contributed by atoms with Crippen LogP contribution in [0.4, 0.5) is 0 Å². The zero-order chi connectivity index (χ0) is 25.7. The summed E-state index contributed by atoms with van der Waals surface area (Å²) in [6, 6.07) is 10.1. The van der Waals surface area contributed by atoms with Gasteiger partial charge in [0.1, 0.15) is 6.61 Å². The predicted octanol–water partition coefficient (Wildman–Crippen LogP) is 2.77. The van der Waals surface area contributed by atoms with E-state index in [1.807, 2.05) is 30.4 Å². The molecule has 1 aliphatic carbocycles. The fourth-order valence-electron chi connectivity index (χ4n) is 4.62. The molecule has 0 aliphatic heterocycles. The molecule has 0 saturated heterocycles. The molecule has 0 bridgehead atoms. The second-order valence-corrected chi connectivity index (χ2v) is 10.3. The van der Waals surface area contributed by atoms with Gasteiger partial charge in [-0.15, -0.1) is 0 Å². The molecule has 7 heteroatoms. The molecule has 7 nitrogen and oxygen atoms in total. The Morgan fingerprint density at radius 1 is 1.09 bits per heavy atom. The summed E-state index contributed by atoms with van der Waals surface area (Å²) in [4.78, 5) is 11.8. The van der Waals surface area contributed by atoms with Gasteiger partial charge in [0.05, 0.1) is 31.5 Å². The Bertz CT molecular complexity index is 747. The van der Waals surface area contributed by atoms with Gasteiger partial charge in [-0.2, -0.15) is 0 Å². The number of ether oxygens (including phenoxy) is 1. The number of carbonyl (C=O) groups is 1. The van der Waals surface area contributed by atoms with E-state index in [2.05, 4.69) is 12.1 Å². The van der Waals surface area contributed by atoms with E-state index in [-0.39, 0.29) is 44.0 Å². The van der Waals surface area contributed by atoms with Crippen LogP contribution in [0.1, 0.15) is 63.9 Å². The third kappa shape index (κ3) is 10.4. The molecule has 1 aliphatic rings. The second-order valence-electron chi connectivity index (χ2n) is 10.3. The normalized spacial score (nSPS) is 23.6. The molecule has 0 spiro atoms. The lowest BCUT2D eigenvalue weighted by Gasteiger charge is -2.23. The SMILES string of the molecule is CC(CO)(CO)COC(=O)CCCC=CC[C@@H]1[C@@H](CC[C@@H](O)CCc2ccccc2)[C@H](O)C[C@H]1O. The number of hydrogen-bond acceptors (Lipinski definition) is 7. The molecule has 1 fully saturated rings. The summed E-state index contributed by atoms with van der Waals surface area (Å²) >= 11 is 0. The molecule has 2 rings (SSSR count). The van der Waals surface area contributed by atoms with Crippen molar-refractivity contribution in [1.29, 1.82) is 0 Å². The lowest BCUT2D eigenvalue weighted by molar-refractivity contribution is -0.149. The van der Waals surface area contributed by atoms with Crippen molar-refractivity contribution in [2.45, 2.75) is 83.0 Å². The van der Waals surface area contributed by atoms with Crippen LogP contribution in [0.15, 0.2) is 42.5 Å². The van der Waals surface area contributed by atoms with Gasteiger partial charge >= 0.3 is 5.97 Å². The summed E-state index contributed by atoms with van der Waals surface area (Å²) in [7, 11) is 0. The zero-order valence-corrected chi connectivity index (χ0v) is 21.0. The third-order valence-corrected chi connectivity index (χ3v) is 7.14. The van der Waals surface area contributed by atoms with Crippen LogP contribution in [0.25, 0.3) is 0 Å². The van der Waals surface area contributed by atoms with Gasteiger partial charge in [-0.25, -0.2) is 0 Å². The van der Waals surface area contributed by atoms with Gasteiger partial charge in [0.2, 0.25) is 0 Å². The second kappa shape index (κ2) is 15.4. The smallest absolute Gasteiger partial charge is 0.305 e. The maximum Gasteiger partial charge on any atom is 0.305 e. The Kier molecular flexibility index (Phi) is 12.9. The molecule has 0 aromatic heterocycles. The van der Waals surface area contributed by atoms with E-state index < -0.39 is 23.7 Å². The molecule has 198 valence electrons. The van der Waals surface area contributed by atoms with Crippen LogP contribution in [0, 0.1) is 17.3 Å². The Hall–Kier alpha value is -1.77. The molecule has 1 saturated carbocycles. The summed E-state index contributed by atoms with van der Waals surface area (Å²) in [5.74, 6) is -0.433. The largest absolute Gasteiger partial charge is 0.465 e. The van der Waals surface area contributed by atoms with Gasteiger partial charge in [0, 0.05) is 11.8 Å². The standard InChI is InChI=1S/C28H44O7/c1-28(18-29,19-30)20-35-27(34)12-8-3-2-7-11-23-24(26(33)17-25(23)32)16-15-22(31)14-13-21-9-5-4-6-10-21/h2,4-7,9-10,22-26,29-33H,3,8,11-20H2,1H3/t22-,23+,24+,25+,26+/m0/s1. The van der Waals surface area contributed by atoms with Crippen LogP contribution in [-0.4, -0.2) is 69.6 Å². The van der Waals surface area contributed by atoms with E-state index in [9.17, 15) is 30.3 Å². The number of carbonyl (C=O) groups excluding carboxylic acids is 1. The maximum atomic E-state index is 11.8. The first kappa shape index (κ1) is 29.5. The number of aliphatic hydroxyl groups excluding tert-OH is 5. The van der Waals surface area contributed by atoms with Crippen molar-refractivity contribution >= 4 is 5.97 Å². The number of rotatable bonds is 16. The average molecular weight is 493 g/mol. The summed E-state index contributed by atoms with van der Waals surface area (Å²) in [6.07, 6.45) is 7.84. The van der Waals surface area contributed by atoms with E-state index in [0.717, 1.165) is 6.42 Å². The molecule has 0 radical (unpaired) electrons. The van der Waals surface area contributed by atoms with Crippen molar-refractivity contribution in [2.75, 3.05) is 19.8 Å². The monoisotopic (exact) mass is 492 g/mol. The molecular weight excluding hydrogens is 448 g/mol. The highest BCUT2D eigenvalue weighted by Crippen LogP contribution is 2.38. The molecule has 1 aromatic carbocycles. The van der Waals surface area contributed by atoms with Gasteiger partial charge in [0.25, 0.3) is 0 Å². The van der Waals surface area contributed by atoms with Gasteiger partial charge in [-0.05, 0) is 68.8 Å². The van der Waals surface area contributed by atoms with Crippen molar-refractivity contribution in [3.05, 3.63) is 48.0 Å². The number of aliphatic hydroxyl groups is 5. The van der Waals surface area contributed by atoms with Crippen LogP contribution in [-0.2, 0) is 16.0 Å². The van der Waals surface area contributed by atoms with Crippen molar-refractivity contribution in [3.8, 4) is 0 Å². The number of aryl methyl sites for hydroxylation is 1. The van der Waals surface area contributed by atoms with Gasteiger partial charge < -0.3 is 30.3 Å².